The van der Waals surface area contributed by atoms with Crippen LogP contribution in [0, 0.1) is 11.7 Å². The van der Waals surface area contributed by atoms with Crippen LogP contribution in [0.5, 0.6) is 5.75 Å². The third-order valence-corrected chi connectivity index (χ3v) is 7.91. The Hall–Kier alpha value is -4.61. The summed E-state index contributed by atoms with van der Waals surface area (Å²) in [6.45, 7) is 1.03. The molecule has 218 valence electrons. The molecule has 2 aliphatic rings. The molecule has 1 saturated heterocycles. The normalized spacial score (nSPS) is 15.7. The number of carbonyl (C=O) groups excluding carboxylic acids is 2. The van der Waals surface area contributed by atoms with Crippen molar-refractivity contribution in [2.24, 2.45) is 5.92 Å². The third kappa shape index (κ3) is 5.12. The van der Waals surface area contributed by atoms with Crippen LogP contribution in [0.15, 0.2) is 54.9 Å². The zero-order valence-corrected chi connectivity index (χ0v) is 22.9. The molecule has 0 aliphatic carbocycles. The number of hydrogen-bond donors (Lipinski definition) is 1. The first-order valence-electron chi connectivity index (χ1n) is 13.7. The van der Waals surface area contributed by atoms with Gasteiger partial charge in [0.25, 0.3) is 5.91 Å². The number of ether oxygens (including phenoxy) is 1. The summed E-state index contributed by atoms with van der Waals surface area (Å²) in [7, 11) is 1.54. The average molecular weight is 579 g/mol. The predicted molar refractivity (Wildman–Crippen MR) is 149 cm³/mol. The molecule has 1 fully saturated rings. The van der Waals surface area contributed by atoms with E-state index in [-0.39, 0.29) is 43.2 Å². The number of methoxy groups -OCH3 is 1. The highest BCUT2D eigenvalue weighted by Crippen LogP contribution is 2.40. The van der Waals surface area contributed by atoms with Crippen LogP contribution in [0.4, 0.5) is 13.2 Å². The molecule has 0 saturated carbocycles. The fourth-order valence-electron chi connectivity index (χ4n) is 5.58. The minimum Gasteiger partial charge on any atom is -0.496 e. The van der Waals surface area contributed by atoms with Gasteiger partial charge in [0, 0.05) is 55.3 Å². The third-order valence-electron chi connectivity index (χ3n) is 7.91. The highest BCUT2D eigenvalue weighted by molar-refractivity contribution is 6.05. The molecule has 0 bridgehead atoms. The molecule has 0 atom stereocenters. The first-order chi connectivity index (χ1) is 20.3. The molecule has 2 aliphatic heterocycles. The number of halogens is 3. The molecule has 0 radical (unpaired) electrons. The number of carbonyl (C=O) groups is 2. The van der Waals surface area contributed by atoms with Gasteiger partial charge < -0.3 is 19.5 Å². The summed E-state index contributed by atoms with van der Waals surface area (Å²) in [6, 6.07) is 10.6. The van der Waals surface area contributed by atoms with Gasteiger partial charge in [-0.05, 0) is 35.8 Å². The molecule has 2 aromatic carbocycles. The monoisotopic (exact) mass is 578 g/mol. The second kappa shape index (κ2) is 11.3. The largest absolute Gasteiger partial charge is 0.496 e. The summed E-state index contributed by atoms with van der Waals surface area (Å²) in [5.74, 6) is -1.38. The number of para-hydroxylation sites is 1. The van der Waals surface area contributed by atoms with E-state index in [4.69, 9.17) is 4.74 Å². The molecule has 9 nitrogen and oxygen atoms in total. The number of amides is 2. The Bertz CT molecular complexity index is 1660. The van der Waals surface area contributed by atoms with E-state index in [9.17, 15) is 18.4 Å². The van der Waals surface area contributed by atoms with Crippen LogP contribution in [0.25, 0.3) is 27.6 Å². The zero-order valence-electron chi connectivity index (χ0n) is 22.9. The Balaban J connectivity index is 1.36. The quantitative estimate of drug-likeness (QED) is 0.329. The Morgan fingerprint density at radius 1 is 1.12 bits per heavy atom. The molecular formula is C30H29F3N6O3. The standard InChI is InChI=1S/C30H29F3N6O3/c1-42-25-7-3-2-6-20(25)22-13-21(18-5-4-10-37(15-18)26(40)8-11-39-12-9-34-36-39)27(31)28-23(22)14-24(35-28)30(41)38-16-19(17-38)29(32)33/h2-3,5-7,9,12-14,19,29,35H,4,8,10-11,15-17H2,1H3. The Labute approximate surface area is 239 Å². The molecule has 6 rings (SSSR count). The fourth-order valence-corrected chi connectivity index (χ4v) is 5.58. The molecule has 42 heavy (non-hydrogen) atoms. The van der Waals surface area contributed by atoms with Gasteiger partial charge in [-0.3, -0.25) is 14.3 Å². The van der Waals surface area contributed by atoms with Crippen molar-refractivity contribution in [3.8, 4) is 16.9 Å². The van der Waals surface area contributed by atoms with Crippen molar-refractivity contribution in [3.05, 3.63) is 71.9 Å². The summed E-state index contributed by atoms with van der Waals surface area (Å²) in [5.41, 5.74) is 2.53. The molecule has 4 heterocycles. The lowest BCUT2D eigenvalue weighted by atomic mass is 9.92. The van der Waals surface area contributed by atoms with E-state index in [1.54, 1.807) is 47.3 Å². The number of rotatable bonds is 8. The number of aryl methyl sites for hydroxylation is 1. The number of hydrogen-bond acceptors (Lipinski definition) is 5. The van der Waals surface area contributed by atoms with Gasteiger partial charge in [-0.2, -0.15) is 0 Å². The van der Waals surface area contributed by atoms with Crippen LogP contribution >= 0.6 is 0 Å². The van der Waals surface area contributed by atoms with Crippen molar-refractivity contribution in [2.75, 3.05) is 33.3 Å². The molecule has 2 amide bonds. The molecule has 0 spiro atoms. The first-order valence-corrected chi connectivity index (χ1v) is 13.7. The zero-order chi connectivity index (χ0) is 29.4. The average Bonchev–Trinajstić information content (AvgIpc) is 3.66. The van der Waals surface area contributed by atoms with E-state index >= 15 is 4.39 Å². The van der Waals surface area contributed by atoms with Crippen molar-refractivity contribution in [2.45, 2.75) is 25.8 Å². The maximum absolute atomic E-state index is 16.3. The van der Waals surface area contributed by atoms with E-state index < -0.39 is 24.1 Å². The lowest BCUT2D eigenvalue weighted by Crippen LogP contribution is -2.52. The van der Waals surface area contributed by atoms with E-state index in [0.29, 0.717) is 52.9 Å². The van der Waals surface area contributed by atoms with Crippen LogP contribution < -0.4 is 4.74 Å². The number of aromatic nitrogens is 4. The Morgan fingerprint density at radius 3 is 2.67 bits per heavy atom. The van der Waals surface area contributed by atoms with Crippen LogP contribution in [0.2, 0.25) is 0 Å². The summed E-state index contributed by atoms with van der Waals surface area (Å²) in [6.07, 6.45) is 3.46. The van der Waals surface area contributed by atoms with Crippen molar-refractivity contribution in [1.29, 1.82) is 0 Å². The number of fused-ring (bicyclic) bond motifs is 1. The van der Waals surface area contributed by atoms with Gasteiger partial charge in [0.15, 0.2) is 5.82 Å². The number of H-pyrrole nitrogens is 1. The maximum atomic E-state index is 16.3. The minimum atomic E-state index is -2.49. The smallest absolute Gasteiger partial charge is 0.270 e. The fraction of sp³-hybridized carbons (Fsp3) is 0.333. The van der Waals surface area contributed by atoms with E-state index in [0.717, 1.165) is 0 Å². The number of likely N-dealkylation sites (tertiary alicyclic amines) is 1. The number of aromatic amines is 1. The van der Waals surface area contributed by atoms with Gasteiger partial charge in [0.05, 0.1) is 31.3 Å². The van der Waals surface area contributed by atoms with Crippen molar-refractivity contribution in [1.82, 2.24) is 29.8 Å². The van der Waals surface area contributed by atoms with Gasteiger partial charge in [-0.1, -0.05) is 29.5 Å². The Kier molecular flexibility index (Phi) is 7.44. The topological polar surface area (TPSA) is 96.3 Å². The van der Waals surface area contributed by atoms with Crippen molar-refractivity contribution in [3.63, 3.8) is 0 Å². The van der Waals surface area contributed by atoms with E-state index in [1.165, 1.54) is 4.90 Å². The first kappa shape index (κ1) is 27.6. The summed E-state index contributed by atoms with van der Waals surface area (Å²) in [4.78, 5) is 32.1. The lowest BCUT2D eigenvalue weighted by molar-refractivity contribution is -0.131. The van der Waals surface area contributed by atoms with Crippen molar-refractivity contribution >= 4 is 28.3 Å². The van der Waals surface area contributed by atoms with Crippen LogP contribution in [-0.4, -0.2) is 81.3 Å². The van der Waals surface area contributed by atoms with Gasteiger partial charge in [0.1, 0.15) is 11.4 Å². The number of benzene rings is 2. The van der Waals surface area contributed by atoms with Gasteiger partial charge in [-0.25, -0.2) is 13.2 Å². The number of nitrogens with zero attached hydrogens (tertiary/aromatic N) is 5. The number of nitrogens with one attached hydrogen (secondary N) is 1. The minimum absolute atomic E-state index is 0.0490. The van der Waals surface area contributed by atoms with Crippen LogP contribution in [0.3, 0.4) is 0 Å². The molecule has 12 heteroatoms. The SMILES string of the molecule is COc1ccccc1-c1cc(C2=CCCN(C(=O)CCn3ccnn3)C2)c(F)c2[nH]c(C(=O)N3CC(C(F)F)C3)cc12. The molecule has 0 unspecified atom stereocenters. The second-order valence-electron chi connectivity index (χ2n) is 10.5. The molecule has 2 aromatic heterocycles. The van der Waals surface area contributed by atoms with Crippen molar-refractivity contribution < 1.29 is 27.5 Å². The van der Waals surface area contributed by atoms with Gasteiger partial charge in [-0.15, -0.1) is 5.10 Å². The molecule has 1 N–H and O–H groups in total. The van der Waals surface area contributed by atoms with E-state index in [2.05, 4.69) is 15.3 Å². The Morgan fingerprint density at radius 2 is 1.93 bits per heavy atom. The van der Waals surface area contributed by atoms with E-state index in [1.807, 2.05) is 24.3 Å². The molecular weight excluding hydrogens is 549 g/mol. The lowest BCUT2D eigenvalue weighted by Gasteiger charge is -2.38. The van der Waals surface area contributed by atoms with Crippen LogP contribution in [-0.2, 0) is 11.3 Å². The summed E-state index contributed by atoms with van der Waals surface area (Å²) in [5, 5.41) is 8.12. The molecule has 4 aromatic rings. The highest BCUT2D eigenvalue weighted by atomic mass is 19.3. The van der Waals surface area contributed by atoms with Crippen LogP contribution in [0.1, 0.15) is 28.9 Å². The predicted octanol–water partition coefficient (Wildman–Crippen LogP) is 4.62. The van der Waals surface area contributed by atoms with Gasteiger partial charge in [0.2, 0.25) is 12.3 Å². The summed E-state index contributed by atoms with van der Waals surface area (Å²) >= 11 is 0. The number of alkyl halides is 2. The van der Waals surface area contributed by atoms with Gasteiger partial charge >= 0.3 is 0 Å². The second-order valence-corrected chi connectivity index (χ2v) is 10.5. The maximum Gasteiger partial charge on any atom is 0.270 e. The summed E-state index contributed by atoms with van der Waals surface area (Å²) < 4.78 is 49.5. The highest BCUT2D eigenvalue weighted by Gasteiger charge is 2.37.